The average molecular weight is 341 g/mol. The van der Waals surface area contributed by atoms with Crippen molar-refractivity contribution in [3.8, 4) is 0 Å². The molecule has 2 N–H and O–H groups in total. The Hall–Kier alpha value is -2.89. The number of anilines is 2. The van der Waals surface area contributed by atoms with E-state index in [4.69, 9.17) is 0 Å². The lowest BCUT2D eigenvalue weighted by Crippen LogP contribution is -2.43. The van der Waals surface area contributed by atoms with Crippen molar-refractivity contribution in [1.29, 1.82) is 0 Å². The van der Waals surface area contributed by atoms with Crippen molar-refractivity contribution in [2.75, 3.05) is 23.7 Å². The van der Waals surface area contributed by atoms with Crippen LogP contribution in [0.5, 0.6) is 0 Å². The normalized spacial score (nSPS) is 14.8. The van der Waals surface area contributed by atoms with Gasteiger partial charge in [-0.15, -0.1) is 0 Å². The van der Waals surface area contributed by atoms with Crippen LogP contribution in [0.3, 0.4) is 0 Å². The number of carbonyl (C=O) groups excluding carboxylic acids is 2. The molecule has 6 heteroatoms. The Morgan fingerprint density at radius 2 is 1.60 bits per heavy atom. The van der Waals surface area contributed by atoms with Gasteiger partial charge in [-0.3, -0.25) is 4.79 Å². The summed E-state index contributed by atoms with van der Waals surface area (Å²) in [6.45, 7) is 1.03. The van der Waals surface area contributed by atoms with Crippen molar-refractivity contribution in [1.82, 2.24) is 4.90 Å². The number of halogens is 1. The van der Waals surface area contributed by atoms with Crippen molar-refractivity contribution in [2.45, 2.75) is 12.8 Å². The zero-order valence-electron chi connectivity index (χ0n) is 13.7. The van der Waals surface area contributed by atoms with Gasteiger partial charge in [0.1, 0.15) is 5.82 Å². The van der Waals surface area contributed by atoms with Gasteiger partial charge in [-0.2, -0.15) is 0 Å². The van der Waals surface area contributed by atoms with Gasteiger partial charge in [-0.1, -0.05) is 24.3 Å². The second-order valence-electron chi connectivity index (χ2n) is 6.06. The van der Waals surface area contributed by atoms with Crippen LogP contribution < -0.4 is 10.6 Å². The number of hydrogen-bond acceptors (Lipinski definition) is 2. The highest BCUT2D eigenvalue weighted by Crippen LogP contribution is 2.20. The highest BCUT2D eigenvalue weighted by Gasteiger charge is 2.27. The number of nitrogens with one attached hydrogen (secondary N) is 2. The number of nitrogens with zero attached hydrogens (tertiary/aromatic N) is 1. The summed E-state index contributed by atoms with van der Waals surface area (Å²) in [5, 5.41) is 5.58. The van der Waals surface area contributed by atoms with Crippen molar-refractivity contribution < 1.29 is 14.0 Å². The molecule has 0 unspecified atom stereocenters. The van der Waals surface area contributed by atoms with Gasteiger partial charge >= 0.3 is 6.03 Å². The molecule has 1 heterocycles. The molecule has 1 aliphatic heterocycles. The first-order valence-corrected chi connectivity index (χ1v) is 8.29. The molecule has 0 atom stereocenters. The van der Waals surface area contributed by atoms with Crippen LogP contribution in [-0.4, -0.2) is 29.9 Å². The number of amides is 3. The lowest BCUT2D eigenvalue weighted by Gasteiger charge is -2.31. The summed E-state index contributed by atoms with van der Waals surface area (Å²) in [6, 6.07) is 14.9. The molecule has 130 valence electrons. The van der Waals surface area contributed by atoms with E-state index in [2.05, 4.69) is 10.6 Å². The van der Waals surface area contributed by atoms with Crippen LogP contribution in [0, 0.1) is 11.7 Å². The average Bonchev–Trinajstić information content (AvgIpc) is 2.62. The fourth-order valence-corrected chi connectivity index (χ4v) is 2.88. The van der Waals surface area contributed by atoms with Crippen LogP contribution in [0.2, 0.25) is 0 Å². The minimum Gasteiger partial charge on any atom is -0.326 e. The molecule has 0 aliphatic carbocycles. The number of benzene rings is 2. The predicted octanol–water partition coefficient (Wildman–Crippen LogP) is 3.71. The van der Waals surface area contributed by atoms with Gasteiger partial charge in [0.25, 0.3) is 0 Å². The van der Waals surface area contributed by atoms with Crippen molar-refractivity contribution >= 4 is 23.3 Å². The molecule has 0 radical (unpaired) electrons. The van der Waals surface area contributed by atoms with E-state index in [1.165, 1.54) is 12.1 Å². The summed E-state index contributed by atoms with van der Waals surface area (Å²) in [5.41, 5.74) is 1.20. The first-order valence-electron chi connectivity index (χ1n) is 8.29. The maximum atomic E-state index is 13.2. The summed E-state index contributed by atoms with van der Waals surface area (Å²) in [5.74, 6) is -0.692. The Bertz CT molecular complexity index is 743. The van der Waals surface area contributed by atoms with E-state index in [0.29, 0.717) is 31.6 Å². The third-order valence-electron chi connectivity index (χ3n) is 4.27. The Morgan fingerprint density at radius 3 is 2.28 bits per heavy atom. The van der Waals surface area contributed by atoms with Crippen LogP contribution in [0.1, 0.15) is 12.8 Å². The van der Waals surface area contributed by atoms with Gasteiger partial charge in [0, 0.05) is 30.4 Å². The molecule has 3 rings (SSSR count). The predicted molar refractivity (Wildman–Crippen MR) is 94.8 cm³/mol. The Morgan fingerprint density at radius 1 is 0.920 bits per heavy atom. The summed E-state index contributed by atoms with van der Waals surface area (Å²) >= 11 is 0. The van der Waals surface area contributed by atoms with Gasteiger partial charge in [0.05, 0.1) is 0 Å². The number of rotatable bonds is 3. The maximum Gasteiger partial charge on any atom is 0.321 e. The number of likely N-dealkylation sites (tertiary alicyclic amines) is 1. The lowest BCUT2D eigenvalue weighted by atomic mass is 9.96. The smallest absolute Gasteiger partial charge is 0.321 e. The van der Waals surface area contributed by atoms with Crippen LogP contribution in [0.25, 0.3) is 0 Å². The molecule has 1 saturated heterocycles. The Labute approximate surface area is 145 Å². The first-order chi connectivity index (χ1) is 12.1. The van der Waals surface area contributed by atoms with E-state index in [0.717, 1.165) is 5.69 Å². The quantitative estimate of drug-likeness (QED) is 0.894. The summed E-state index contributed by atoms with van der Waals surface area (Å²) in [6.07, 6.45) is 1.17. The molecule has 2 aromatic rings. The fraction of sp³-hybridized carbons (Fsp3) is 0.263. The van der Waals surface area contributed by atoms with Gasteiger partial charge in [0.2, 0.25) is 5.91 Å². The van der Waals surface area contributed by atoms with E-state index in [-0.39, 0.29) is 23.7 Å². The summed E-state index contributed by atoms with van der Waals surface area (Å²) in [4.78, 5) is 26.2. The number of urea groups is 1. The Balaban J connectivity index is 1.49. The zero-order chi connectivity index (χ0) is 17.6. The molecule has 0 saturated carbocycles. The third kappa shape index (κ3) is 4.56. The maximum absolute atomic E-state index is 13.2. The first kappa shape index (κ1) is 17.0. The van der Waals surface area contributed by atoms with Crippen LogP contribution in [0.4, 0.5) is 20.6 Å². The van der Waals surface area contributed by atoms with Crippen LogP contribution in [-0.2, 0) is 4.79 Å². The number of piperidine rings is 1. The highest BCUT2D eigenvalue weighted by atomic mass is 19.1. The van der Waals surface area contributed by atoms with Gasteiger partial charge < -0.3 is 15.5 Å². The number of para-hydroxylation sites is 1. The van der Waals surface area contributed by atoms with Crippen molar-refractivity contribution in [3.05, 3.63) is 60.4 Å². The summed E-state index contributed by atoms with van der Waals surface area (Å²) in [7, 11) is 0. The van der Waals surface area contributed by atoms with E-state index in [1.807, 2.05) is 30.3 Å². The van der Waals surface area contributed by atoms with E-state index < -0.39 is 0 Å². The second-order valence-corrected chi connectivity index (χ2v) is 6.06. The van der Waals surface area contributed by atoms with Gasteiger partial charge in [-0.05, 0) is 43.2 Å². The van der Waals surface area contributed by atoms with Crippen molar-refractivity contribution in [2.24, 2.45) is 5.92 Å². The van der Waals surface area contributed by atoms with Crippen molar-refractivity contribution in [3.63, 3.8) is 0 Å². The molecule has 0 aromatic heterocycles. The molecule has 2 aromatic carbocycles. The molecule has 5 nitrogen and oxygen atoms in total. The molecule has 0 spiro atoms. The van der Waals surface area contributed by atoms with Gasteiger partial charge in [-0.25, -0.2) is 9.18 Å². The second kappa shape index (κ2) is 7.79. The fourth-order valence-electron chi connectivity index (χ4n) is 2.88. The monoisotopic (exact) mass is 341 g/mol. The lowest BCUT2D eigenvalue weighted by molar-refractivity contribution is -0.121. The standard InChI is InChI=1S/C19H20FN3O2/c20-15-5-4-8-17(13-15)21-18(24)14-9-11-23(12-10-14)19(25)22-16-6-2-1-3-7-16/h1-8,13-14H,9-12H2,(H,21,24)(H,22,25). The topological polar surface area (TPSA) is 61.4 Å². The SMILES string of the molecule is O=C(Nc1cccc(F)c1)C1CCN(C(=O)Nc2ccccc2)CC1. The Kier molecular flexibility index (Phi) is 5.28. The molecule has 0 bridgehead atoms. The molecule has 25 heavy (non-hydrogen) atoms. The van der Waals surface area contributed by atoms with E-state index >= 15 is 0 Å². The molecule has 3 amide bonds. The zero-order valence-corrected chi connectivity index (χ0v) is 13.7. The minimum atomic E-state index is -0.384. The van der Waals surface area contributed by atoms with Gasteiger partial charge in [0.15, 0.2) is 0 Å². The van der Waals surface area contributed by atoms with E-state index in [9.17, 15) is 14.0 Å². The number of hydrogen-bond donors (Lipinski definition) is 2. The van der Waals surface area contributed by atoms with E-state index in [1.54, 1.807) is 17.0 Å². The number of carbonyl (C=O) groups is 2. The minimum absolute atomic E-state index is 0.131. The molecule has 1 fully saturated rings. The summed E-state index contributed by atoms with van der Waals surface area (Å²) < 4.78 is 13.2. The highest BCUT2D eigenvalue weighted by molar-refractivity contribution is 5.93. The third-order valence-corrected chi connectivity index (χ3v) is 4.27. The largest absolute Gasteiger partial charge is 0.326 e. The molecular weight excluding hydrogens is 321 g/mol. The molecule has 1 aliphatic rings. The van der Waals surface area contributed by atoms with Crippen LogP contribution in [0.15, 0.2) is 54.6 Å². The van der Waals surface area contributed by atoms with Crippen LogP contribution >= 0.6 is 0 Å². The molecular formula is C19H20FN3O2.